The van der Waals surface area contributed by atoms with Crippen LogP contribution < -0.4 is 5.43 Å². The maximum atomic E-state index is 5.46. The standard InChI is InChI=1S/C9H22N3O2P/c1-6-13-8(2)9(3)14-7-10-11-12-15(4)5/h8-9H,6-7H2,1-5H3,(H,10,12). The molecule has 0 aromatic heterocycles. The lowest BCUT2D eigenvalue weighted by atomic mass is 10.2. The van der Waals surface area contributed by atoms with Crippen LogP contribution in [0.4, 0.5) is 0 Å². The smallest absolute Gasteiger partial charge is 0.134 e. The number of nitrogens with zero attached hydrogens (tertiary/aromatic N) is 2. The second-order valence-corrected chi connectivity index (χ2v) is 5.24. The molecule has 0 aromatic rings. The zero-order valence-electron chi connectivity index (χ0n) is 10.2. The third-order valence-electron chi connectivity index (χ3n) is 1.80. The summed E-state index contributed by atoms with van der Waals surface area (Å²) in [6.45, 7) is 11.1. The largest absolute Gasteiger partial charge is 0.376 e. The highest BCUT2D eigenvalue weighted by molar-refractivity contribution is 7.54. The molecule has 0 heterocycles. The normalized spacial score (nSPS) is 15.9. The molecule has 90 valence electrons. The minimum Gasteiger partial charge on any atom is -0.376 e. The van der Waals surface area contributed by atoms with Gasteiger partial charge in [0.1, 0.15) is 6.73 Å². The Morgan fingerprint density at radius 1 is 1.20 bits per heavy atom. The molecule has 0 aliphatic carbocycles. The van der Waals surface area contributed by atoms with Crippen LogP contribution in [0.15, 0.2) is 10.1 Å². The van der Waals surface area contributed by atoms with Gasteiger partial charge in [-0.25, -0.2) is 0 Å². The van der Waals surface area contributed by atoms with Gasteiger partial charge < -0.3 is 9.47 Å². The van der Waals surface area contributed by atoms with E-state index in [4.69, 9.17) is 9.47 Å². The fourth-order valence-corrected chi connectivity index (χ4v) is 1.09. The van der Waals surface area contributed by atoms with Crippen molar-refractivity contribution in [2.75, 3.05) is 26.7 Å². The molecule has 0 bridgehead atoms. The third kappa shape index (κ3) is 8.73. The van der Waals surface area contributed by atoms with Crippen molar-refractivity contribution in [1.82, 2.24) is 5.43 Å². The van der Waals surface area contributed by atoms with Gasteiger partial charge in [-0.05, 0) is 34.1 Å². The summed E-state index contributed by atoms with van der Waals surface area (Å²) < 4.78 is 10.9. The van der Waals surface area contributed by atoms with Crippen molar-refractivity contribution < 1.29 is 9.47 Å². The van der Waals surface area contributed by atoms with Gasteiger partial charge in [0, 0.05) is 14.7 Å². The van der Waals surface area contributed by atoms with Crippen molar-refractivity contribution in [3.05, 3.63) is 0 Å². The first-order chi connectivity index (χ1) is 7.07. The van der Waals surface area contributed by atoms with Crippen LogP contribution >= 0.6 is 8.07 Å². The van der Waals surface area contributed by atoms with Gasteiger partial charge in [-0.3, -0.25) is 5.43 Å². The molecule has 2 atom stereocenters. The van der Waals surface area contributed by atoms with Gasteiger partial charge in [0.15, 0.2) is 0 Å². The van der Waals surface area contributed by atoms with Gasteiger partial charge >= 0.3 is 0 Å². The first kappa shape index (κ1) is 14.8. The summed E-state index contributed by atoms with van der Waals surface area (Å²) >= 11 is 0. The molecule has 6 heteroatoms. The van der Waals surface area contributed by atoms with Crippen LogP contribution in [0.25, 0.3) is 0 Å². The Morgan fingerprint density at radius 3 is 2.33 bits per heavy atom. The summed E-state index contributed by atoms with van der Waals surface area (Å²) in [4.78, 5) is 3.97. The SMILES string of the molecule is CCOC(C)C(C)OCNN=NP(C)C. The van der Waals surface area contributed by atoms with E-state index in [1.54, 1.807) is 0 Å². The van der Waals surface area contributed by atoms with Crippen molar-refractivity contribution in [1.29, 1.82) is 0 Å². The van der Waals surface area contributed by atoms with Crippen LogP contribution in [0.5, 0.6) is 0 Å². The Balaban J connectivity index is 3.50. The summed E-state index contributed by atoms with van der Waals surface area (Å²) in [6, 6.07) is 0. The third-order valence-corrected chi connectivity index (χ3v) is 2.24. The van der Waals surface area contributed by atoms with Gasteiger partial charge in [0.2, 0.25) is 0 Å². The number of nitrogens with one attached hydrogen (secondary N) is 1. The van der Waals surface area contributed by atoms with Crippen molar-refractivity contribution in [3.8, 4) is 0 Å². The van der Waals surface area contributed by atoms with Crippen LogP contribution in [-0.2, 0) is 9.47 Å². The minimum atomic E-state index is -0.335. The van der Waals surface area contributed by atoms with Gasteiger partial charge in [-0.2, -0.15) is 0 Å². The predicted octanol–water partition coefficient (Wildman–Crippen LogP) is 2.39. The highest BCUT2D eigenvalue weighted by Gasteiger charge is 2.11. The zero-order valence-corrected chi connectivity index (χ0v) is 11.1. The molecule has 0 spiro atoms. The molecular weight excluding hydrogens is 213 g/mol. The summed E-state index contributed by atoms with van der Waals surface area (Å²) in [5, 5.41) is 3.79. The number of ether oxygens (including phenoxy) is 2. The highest BCUT2D eigenvalue weighted by atomic mass is 31.1. The summed E-state index contributed by atoms with van der Waals surface area (Å²) in [5.74, 6) is 0. The maximum Gasteiger partial charge on any atom is 0.134 e. The van der Waals surface area contributed by atoms with E-state index in [1.165, 1.54) is 0 Å². The Kier molecular flexibility index (Phi) is 8.86. The van der Waals surface area contributed by atoms with Gasteiger partial charge in [0.05, 0.1) is 12.2 Å². The summed E-state index contributed by atoms with van der Waals surface area (Å²) in [7, 11) is -0.335. The van der Waals surface area contributed by atoms with Crippen LogP contribution in [-0.4, -0.2) is 38.9 Å². The Morgan fingerprint density at radius 2 is 1.80 bits per heavy atom. The molecular formula is C9H22N3O2P. The fourth-order valence-electron chi connectivity index (χ4n) is 0.853. The van der Waals surface area contributed by atoms with E-state index in [-0.39, 0.29) is 20.3 Å². The van der Waals surface area contributed by atoms with Crippen molar-refractivity contribution in [3.63, 3.8) is 0 Å². The molecule has 0 aliphatic rings. The van der Waals surface area contributed by atoms with Crippen LogP contribution in [0.2, 0.25) is 0 Å². The Bertz CT molecular complexity index is 179. The molecule has 2 unspecified atom stereocenters. The lowest BCUT2D eigenvalue weighted by Gasteiger charge is -2.19. The second-order valence-electron chi connectivity index (χ2n) is 3.37. The molecule has 0 radical (unpaired) electrons. The fraction of sp³-hybridized carbons (Fsp3) is 1.00. The second kappa shape index (κ2) is 9.01. The van der Waals surface area contributed by atoms with E-state index in [0.29, 0.717) is 13.3 Å². The quantitative estimate of drug-likeness (QED) is 0.231. The van der Waals surface area contributed by atoms with E-state index in [0.717, 1.165) is 0 Å². The van der Waals surface area contributed by atoms with Gasteiger partial charge in [-0.1, -0.05) is 5.22 Å². The molecule has 0 fully saturated rings. The average molecular weight is 235 g/mol. The van der Waals surface area contributed by atoms with Gasteiger partial charge in [-0.15, -0.1) is 4.88 Å². The van der Waals surface area contributed by atoms with Crippen molar-refractivity contribution in [2.24, 2.45) is 10.1 Å². The first-order valence-corrected chi connectivity index (χ1v) is 7.30. The molecule has 1 N–H and O–H groups in total. The van der Waals surface area contributed by atoms with Crippen molar-refractivity contribution in [2.45, 2.75) is 33.0 Å². The van der Waals surface area contributed by atoms with Crippen LogP contribution in [0.1, 0.15) is 20.8 Å². The minimum absolute atomic E-state index is 0.0532. The maximum absolute atomic E-state index is 5.46. The van der Waals surface area contributed by atoms with E-state index in [2.05, 4.69) is 15.5 Å². The lowest BCUT2D eigenvalue weighted by Crippen LogP contribution is -2.29. The highest BCUT2D eigenvalue weighted by Crippen LogP contribution is 2.25. The Hall–Kier alpha value is -0.250. The average Bonchev–Trinajstić information content (AvgIpc) is 2.16. The van der Waals surface area contributed by atoms with E-state index < -0.39 is 0 Å². The molecule has 0 amide bonds. The zero-order chi connectivity index (χ0) is 11.7. The molecule has 0 saturated heterocycles. The monoisotopic (exact) mass is 235 g/mol. The molecule has 0 saturated carbocycles. The predicted molar refractivity (Wildman–Crippen MR) is 63.3 cm³/mol. The molecule has 15 heavy (non-hydrogen) atoms. The lowest BCUT2D eigenvalue weighted by molar-refractivity contribution is -0.0578. The molecule has 0 rings (SSSR count). The van der Waals surface area contributed by atoms with Gasteiger partial charge in [0.25, 0.3) is 0 Å². The first-order valence-electron chi connectivity index (χ1n) is 5.12. The number of hydrogen-bond acceptors (Lipinski definition) is 4. The molecule has 5 nitrogen and oxygen atoms in total. The van der Waals surface area contributed by atoms with Crippen LogP contribution in [0, 0.1) is 0 Å². The van der Waals surface area contributed by atoms with Crippen LogP contribution in [0.3, 0.4) is 0 Å². The topological polar surface area (TPSA) is 55.2 Å². The molecule has 0 aromatic carbocycles. The summed E-state index contributed by atoms with van der Waals surface area (Å²) in [5.41, 5.74) is 2.74. The molecule has 0 aliphatic heterocycles. The van der Waals surface area contributed by atoms with Crippen molar-refractivity contribution >= 4 is 8.07 Å². The Labute approximate surface area is 93.4 Å². The number of rotatable bonds is 8. The number of hydrogen-bond donors (Lipinski definition) is 1. The van der Waals surface area contributed by atoms with E-state index in [9.17, 15) is 0 Å². The van der Waals surface area contributed by atoms with E-state index in [1.807, 2.05) is 34.1 Å². The van der Waals surface area contributed by atoms with E-state index >= 15 is 0 Å². The summed E-state index contributed by atoms with van der Waals surface area (Å²) in [6.07, 6.45) is 0.153.